The van der Waals surface area contributed by atoms with Gasteiger partial charge in [-0.1, -0.05) is 42.5 Å². The lowest BCUT2D eigenvalue weighted by atomic mass is 9.98. The number of aryl methyl sites for hydroxylation is 1. The number of hydrogen-bond donors (Lipinski definition) is 0. The van der Waals surface area contributed by atoms with Crippen LogP contribution < -0.4 is 0 Å². The number of nitrogens with zero attached hydrogens (tertiary/aromatic N) is 2. The minimum atomic E-state index is 0.764. The number of rotatable bonds is 2. The second-order valence-corrected chi connectivity index (χ2v) is 4.47. The van der Waals surface area contributed by atoms with Gasteiger partial charge < -0.3 is 0 Å². The first-order valence-electron chi connectivity index (χ1n) is 6.28. The molecule has 0 atom stereocenters. The predicted molar refractivity (Wildman–Crippen MR) is 77.6 cm³/mol. The van der Waals surface area contributed by atoms with E-state index in [1.807, 2.05) is 12.1 Å². The van der Waals surface area contributed by atoms with Crippen LogP contribution in [0.2, 0.25) is 0 Å². The zero-order valence-corrected chi connectivity index (χ0v) is 10.7. The number of hydrogen-bond acceptors (Lipinski definition) is 2. The molecule has 0 aliphatic heterocycles. The Kier molecular flexibility index (Phi) is 3.07. The lowest BCUT2D eigenvalue weighted by Crippen LogP contribution is -1.89. The van der Waals surface area contributed by atoms with Crippen molar-refractivity contribution in [1.82, 2.24) is 9.97 Å². The van der Waals surface area contributed by atoms with Gasteiger partial charge in [-0.3, -0.25) is 0 Å². The molecule has 2 aromatic carbocycles. The third kappa shape index (κ3) is 2.38. The molecule has 0 N–H and O–H groups in total. The van der Waals surface area contributed by atoms with Crippen molar-refractivity contribution in [3.05, 3.63) is 72.6 Å². The molecule has 1 aromatic heterocycles. The van der Waals surface area contributed by atoms with Crippen molar-refractivity contribution in [3.63, 3.8) is 0 Å². The van der Waals surface area contributed by atoms with E-state index in [0.717, 1.165) is 11.4 Å². The van der Waals surface area contributed by atoms with E-state index in [4.69, 9.17) is 0 Å². The Morgan fingerprint density at radius 1 is 0.737 bits per heavy atom. The van der Waals surface area contributed by atoms with Crippen LogP contribution in [-0.4, -0.2) is 9.97 Å². The third-order valence-electron chi connectivity index (χ3n) is 3.15. The van der Waals surface area contributed by atoms with Crippen LogP contribution >= 0.6 is 0 Å². The molecule has 3 rings (SSSR count). The summed E-state index contributed by atoms with van der Waals surface area (Å²) in [4.78, 5) is 8.60. The average Bonchev–Trinajstić information content (AvgIpc) is 2.49. The summed E-state index contributed by atoms with van der Waals surface area (Å²) in [7, 11) is 0. The van der Waals surface area contributed by atoms with E-state index in [9.17, 15) is 0 Å². The minimum Gasteiger partial charge on any atom is -0.237 e. The van der Waals surface area contributed by atoms with Crippen molar-refractivity contribution in [3.8, 4) is 22.5 Å². The van der Waals surface area contributed by atoms with E-state index in [1.54, 1.807) is 12.4 Å². The van der Waals surface area contributed by atoms with Crippen LogP contribution in [0.3, 0.4) is 0 Å². The van der Waals surface area contributed by atoms with Gasteiger partial charge in [0.25, 0.3) is 0 Å². The predicted octanol–water partition coefficient (Wildman–Crippen LogP) is 4.12. The van der Waals surface area contributed by atoms with Crippen molar-refractivity contribution < 1.29 is 0 Å². The molecular weight excluding hydrogens is 232 g/mol. The van der Waals surface area contributed by atoms with Gasteiger partial charge in [0.1, 0.15) is 0 Å². The molecule has 0 saturated heterocycles. The zero-order chi connectivity index (χ0) is 13.1. The fraction of sp³-hybridized carbons (Fsp3) is 0.0588. The van der Waals surface area contributed by atoms with Crippen LogP contribution in [0.25, 0.3) is 22.5 Å². The summed E-state index contributed by atoms with van der Waals surface area (Å²) in [6.45, 7) is 2.12. The molecule has 0 bridgehead atoms. The highest BCUT2D eigenvalue weighted by Gasteiger charge is 2.05. The second kappa shape index (κ2) is 5.02. The molecule has 0 aliphatic rings. The molecule has 2 nitrogen and oxygen atoms in total. The molecule has 0 radical (unpaired) electrons. The van der Waals surface area contributed by atoms with Gasteiger partial charge in [-0.15, -0.1) is 0 Å². The van der Waals surface area contributed by atoms with Gasteiger partial charge >= 0.3 is 0 Å². The van der Waals surface area contributed by atoms with Crippen molar-refractivity contribution in [2.24, 2.45) is 0 Å². The van der Waals surface area contributed by atoms with Gasteiger partial charge in [-0.05, 0) is 35.7 Å². The maximum absolute atomic E-state index is 4.30. The molecule has 19 heavy (non-hydrogen) atoms. The van der Waals surface area contributed by atoms with Gasteiger partial charge in [0, 0.05) is 18.0 Å². The Morgan fingerprint density at radius 2 is 1.47 bits per heavy atom. The smallest absolute Gasteiger partial charge is 0.159 e. The standard InChI is InChI=1S/C17H14N2/c1-13-8-9-15(17-18-10-5-11-19-17)12-16(13)14-6-3-2-4-7-14/h2-12H,1H3. The summed E-state index contributed by atoms with van der Waals surface area (Å²) >= 11 is 0. The fourth-order valence-electron chi connectivity index (χ4n) is 2.14. The van der Waals surface area contributed by atoms with Crippen LogP contribution in [0.1, 0.15) is 5.56 Å². The molecular formula is C17H14N2. The van der Waals surface area contributed by atoms with E-state index >= 15 is 0 Å². The summed E-state index contributed by atoms with van der Waals surface area (Å²) in [5.74, 6) is 0.764. The summed E-state index contributed by atoms with van der Waals surface area (Å²) in [5.41, 5.74) is 4.75. The lowest BCUT2D eigenvalue weighted by Gasteiger charge is -2.08. The second-order valence-electron chi connectivity index (χ2n) is 4.47. The molecule has 3 aromatic rings. The maximum atomic E-state index is 4.30. The van der Waals surface area contributed by atoms with E-state index in [2.05, 4.69) is 59.4 Å². The van der Waals surface area contributed by atoms with E-state index in [1.165, 1.54) is 16.7 Å². The Labute approximate surface area is 112 Å². The monoisotopic (exact) mass is 246 g/mol. The van der Waals surface area contributed by atoms with Gasteiger partial charge in [0.15, 0.2) is 5.82 Å². The molecule has 0 amide bonds. The van der Waals surface area contributed by atoms with E-state index in [-0.39, 0.29) is 0 Å². The van der Waals surface area contributed by atoms with Gasteiger partial charge in [0.05, 0.1) is 0 Å². The van der Waals surface area contributed by atoms with Crippen LogP contribution in [0.15, 0.2) is 67.0 Å². The Bertz CT molecular complexity index is 676. The van der Waals surface area contributed by atoms with Crippen LogP contribution in [0.4, 0.5) is 0 Å². The first kappa shape index (κ1) is 11.6. The number of aromatic nitrogens is 2. The van der Waals surface area contributed by atoms with Gasteiger partial charge in [-0.2, -0.15) is 0 Å². The Morgan fingerprint density at radius 3 is 2.21 bits per heavy atom. The van der Waals surface area contributed by atoms with Crippen molar-refractivity contribution >= 4 is 0 Å². The third-order valence-corrected chi connectivity index (χ3v) is 3.15. The summed E-state index contributed by atoms with van der Waals surface area (Å²) in [6, 6.07) is 18.6. The summed E-state index contributed by atoms with van der Waals surface area (Å²) in [6.07, 6.45) is 3.54. The highest BCUT2D eigenvalue weighted by atomic mass is 14.8. The van der Waals surface area contributed by atoms with Crippen molar-refractivity contribution in [2.75, 3.05) is 0 Å². The maximum Gasteiger partial charge on any atom is 0.159 e. The SMILES string of the molecule is Cc1ccc(-c2ncccn2)cc1-c1ccccc1. The first-order chi connectivity index (χ1) is 9.34. The number of benzene rings is 2. The van der Waals surface area contributed by atoms with Gasteiger partial charge in [0.2, 0.25) is 0 Å². The average molecular weight is 246 g/mol. The molecule has 0 aliphatic carbocycles. The quantitative estimate of drug-likeness (QED) is 0.679. The van der Waals surface area contributed by atoms with Crippen LogP contribution in [0, 0.1) is 6.92 Å². The normalized spacial score (nSPS) is 10.4. The molecule has 0 fully saturated rings. The van der Waals surface area contributed by atoms with Crippen molar-refractivity contribution in [1.29, 1.82) is 0 Å². The van der Waals surface area contributed by atoms with Crippen LogP contribution in [-0.2, 0) is 0 Å². The fourth-order valence-corrected chi connectivity index (χ4v) is 2.14. The molecule has 0 saturated carbocycles. The molecule has 1 heterocycles. The minimum absolute atomic E-state index is 0.764. The zero-order valence-electron chi connectivity index (χ0n) is 10.7. The lowest BCUT2D eigenvalue weighted by molar-refractivity contribution is 1.17. The highest BCUT2D eigenvalue weighted by Crippen LogP contribution is 2.27. The van der Waals surface area contributed by atoms with Crippen molar-refractivity contribution in [2.45, 2.75) is 6.92 Å². The topological polar surface area (TPSA) is 25.8 Å². The van der Waals surface area contributed by atoms with Crippen LogP contribution in [0.5, 0.6) is 0 Å². The van der Waals surface area contributed by atoms with E-state index < -0.39 is 0 Å². The van der Waals surface area contributed by atoms with E-state index in [0.29, 0.717) is 0 Å². The largest absolute Gasteiger partial charge is 0.237 e. The molecule has 0 unspecified atom stereocenters. The summed E-state index contributed by atoms with van der Waals surface area (Å²) in [5, 5.41) is 0. The molecule has 2 heteroatoms. The highest BCUT2D eigenvalue weighted by molar-refractivity contribution is 5.73. The van der Waals surface area contributed by atoms with Gasteiger partial charge in [-0.25, -0.2) is 9.97 Å². The molecule has 92 valence electrons. The molecule has 0 spiro atoms. The summed E-state index contributed by atoms with van der Waals surface area (Å²) < 4.78 is 0. The Balaban J connectivity index is 2.12. The first-order valence-corrected chi connectivity index (χ1v) is 6.28. The Hall–Kier alpha value is -2.48.